The van der Waals surface area contributed by atoms with Gasteiger partial charge in [-0.2, -0.15) is 18.4 Å². The fourth-order valence-electron chi connectivity index (χ4n) is 5.80. The van der Waals surface area contributed by atoms with Crippen molar-refractivity contribution in [2.24, 2.45) is 0 Å². The summed E-state index contributed by atoms with van der Waals surface area (Å²) in [5.74, 6) is 0.559. The number of aliphatic hydroxyl groups is 1. The van der Waals surface area contributed by atoms with Gasteiger partial charge in [0.05, 0.1) is 49.5 Å². The highest BCUT2D eigenvalue weighted by atomic mass is 19.4. The van der Waals surface area contributed by atoms with Gasteiger partial charge in [0.15, 0.2) is 11.5 Å². The Kier molecular flexibility index (Phi) is 9.84. The topological polar surface area (TPSA) is 110 Å². The van der Waals surface area contributed by atoms with Crippen LogP contribution in [-0.4, -0.2) is 71.2 Å². The number of alkyl halides is 3. The van der Waals surface area contributed by atoms with Crippen molar-refractivity contribution in [3.05, 3.63) is 89.4 Å². The molecular formula is C34H35F3N4O5. The molecule has 3 heterocycles. The zero-order chi connectivity index (χ0) is 32.9. The number of nitriles is 1. The first kappa shape index (κ1) is 32.8. The van der Waals surface area contributed by atoms with Crippen LogP contribution < -0.4 is 9.47 Å². The van der Waals surface area contributed by atoms with E-state index in [-0.39, 0.29) is 55.7 Å². The lowest BCUT2D eigenvalue weighted by Gasteiger charge is -2.39. The summed E-state index contributed by atoms with van der Waals surface area (Å²) >= 11 is 0. The quantitative estimate of drug-likeness (QED) is 0.219. The third-order valence-electron chi connectivity index (χ3n) is 8.15. The number of rotatable bonds is 11. The van der Waals surface area contributed by atoms with Gasteiger partial charge in [-0.25, -0.2) is 0 Å². The van der Waals surface area contributed by atoms with E-state index in [0.717, 1.165) is 0 Å². The lowest BCUT2D eigenvalue weighted by molar-refractivity contribution is -0.272. The van der Waals surface area contributed by atoms with Crippen LogP contribution in [0.5, 0.6) is 11.5 Å². The Morgan fingerprint density at radius 3 is 2.54 bits per heavy atom. The number of hydrogen-bond donors (Lipinski definition) is 1. The largest absolute Gasteiger partial charge is 0.493 e. The van der Waals surface area contributed by atoms with Crippen molar-refractivity contribution in [1.82, 2.24) is 14.5 Å². The van der Waals surface area contributed by atoms with Gasteiger partial charge in [-0.05, 0) is 61.7 Å². The van der Waals surface area contributed by atoms with Crippen LogP contribution in [0.4, 0.5) is 13.2 Å². The summed E-state index contributed by atoms with van der Waals surface area (Å²) in [5.41, 5.74) is -1.44. The molecule has 1 fully saturated rings. The summed E-state index contributed by atoms with van der Waals surface area (Å²) in [6.45, 7) is 2.04. The number of ether oxygens (including phenoxy) is 3. The predicted octanol–water partition coefficient (Wildman–Crippen LogP) is 5.36. The summed E-state index contributed by atoms with van der Waals surface area (Å²) < 4.78 is 62.7. The van der Waals surface area contributed by atoms with Crippen LogP contribution in [0.3, 0.4) is 0 Å². The number of halogens is 3. The first-order valence-electron chi connectivity index (χ1n) is 15.0. The number of likely N-dealkylation sites (tertiary alicyclic amines) is 1. The lowest BCUT2D eigenvalue weighted by atomic mass is 9.90. The Labute approximate surface area is 264 Å². The number of carbonyl (C=O) groups excluding carboxylic acids is 1. The summed E-state index contributed by atoms with van der Waals surface area (Å²) in [6, 6.07) is 16.9. The molecule has 9 nitrogen and oxygen atoms in total. The minimum atomic E-state index is -4.99. The van der Waals surface area contributed by atoms with Crippen LogP contribution in [0, 0.1) is 11.3 Å². The molecule has 1 saturated heterocycles. The van der Waals surface area contributed by atoms with E-state index in [1.54, 1.807) is 59.0 Å². The molecular weight excluding hydrogens is 601 g/mol. The van der Waals surface area contributed by atoms with Gasteiger partial charge in [-0.3, -0.25) is 14.7 Å². The molecule has 1 N–H and O–H groups in total. The van der Waals surface area contributed by atoms with Crippen molar-refractivity contribution < 1.29 is 37.3 Å². The van der Waals surface area contributed by atoms with Gasteiger partial charge in [0.1, 0.15) is 6.10 Å². The second-order valence-electron chi connectivity index (χ2n) is 11.3. The van der Waals surface area contributed by atoms with E-state index in [0.29, 0.717) is 46.7 Å². The number of hydrogen-bond acceptors (Lipinski definition) is 8. The molecule has 1 aliphatic heterocycles. The molecule has 0 aliphatic carbocycles. The Morgan fingerprint density at radius 1 is 1.11 bits per heavy atom. The third kappa shape index (κ3) is 7.11. The number of carbonyl (C=O) groups is 1. The molecule has 1 atom stereocenters. The smallest absolute Gasteiger partial charge is 0.422 e. The first-order chi connectivity index (χ1) is 22.0. The molecule has 0 bridgehead atoms. The Balaban J connectivity index is 1.33. The van der Waals surface area contributed by atoms with E-state index in [2.05, 4.69) is 4.98 Å². The van der Waals surface area contributed by atoms with E-state index in [1.807, 2.05) is 6.07 Å². The second-order valence-corrected chi connectivity index (χ2v) is 11.3. The number of fused-ring (bicyclic) bond motifs is 1. The highest BCUT2D eigenvalue weighted by molar-refractivity contribution is 5.86. The molecule has 0 radical (unpaired) electrons. The standard InChI is InChI=1S/C34H35F3N4O5/c1-3-45-32(42)18-23-8-10-30(31(17-23)44-2)46-26-11-14-40(15-12-26)22-33(43,34(35,36)37)28-21-41(20-25-6-4-5-13-39-25)29-16-24(19-38)7-9-27(28)29/h4-10,13,16-17,21,26,43H,3,11-12,14-15,18,20,22H2,1-2H3. The van der Waals surface area contributed by atoms with Crippen LogP contribution in [0.2, 0.25) is 0 Å². The van der Waals surface area contributed by atoms with Crippen molar-refractivity contribution in [2.75, 3.05) is 33.4 Å². The van der Waals surface area contributed by atoms with E-state index in [9.17, 15) is 28.3 Å². The summed E-state index contributed by atoms with van der Waals surface area (Å²) in [4.78, 5) is 17.7. The molecule has 0 saturated carbocycles. The minimum absolute atomic E-state index is 0.0896. The van der Waals surface area contributed by atoms with E-state index in [4.69, 9.17) is 14.2 Å². The third-order valence-corrected chi connectivity index (χ3v) is 8.15. The fraction of sp³-hybridized carbons (Fsp3) is 0.382. The van der Waals surface area contributed by atoms with Crippen LogP contribution >= 0.6 is 0 Å². The van der Waals surface area contributed by atoms with Crippen molar-refractivity contribution in [1.29, 1.82) is 5.26 Å². The molecule has 12 heteroatoms. The maximum absolute atomic E-state index is 14.8. The van der Waals surface area contributed by atoms with Crippen molar-refractivity contribution >= 4 is 16.9 Å². The minimum Gasteiger partial charge on any atom is -0.493 e. The van der Waals surface area contributed by atoms with Gasteiger partial charge in [-0.15, -0.1) is 0 Å². The maximum atomic E-state index is 14.8. The van der Waals surface area contributed by atoms with Crippen LogP contribution in [0.25, 0.3) is 10.9 Å². The lowest BCUT2D eigenvalue weighted by Crippen LogP contribution is -2.53. The normalized spacial score (nSPS) is 15.7. The van der Waals surface area contributed by atoms with Gasteiger partial charge >= 0.3 is 12.1 Å². The SMILES string of the molecule is CCOC(=O)Cc1ccc(OC2CCN(CC(O)(c3cn(Cc4ccccn4)c4cc(C#N)ccc34)C(F)(F)F)CC2)c(OC)c1. The van der Waals surface area contributed by atoms with Crippen LogP contribution in [-0.2, 0) is 28.1 Å². The molecule has 5 rings (SSSR count). The molecule has 0 spiro atoms. The molecule has 1 aliphatic rings. The number of nitrogens with zero attached hydrogens (tertiary/aromatic N) is 4. The molecule has 242 valence electrons. The first-order valence-corrected chi connectivity index (χ1v) is 15.0. The van der Waals surface area contributed by atoms with Gasteiger partial charge in [0.25, 0.3) is 0 Å². The zero-order valence-electron chi connectivity index (χ0n) is 25.6. The van der Waals surface area contributed by atoms with Crippen molar-refractivity contribution in [3.8, 4) is 17.6 Å². The Bertz CT molecular complexity index is 1710. The van der Waals surface area contributed by atoms with E-state index < -0.39 is 18.3 Å². The maximum Gasteiger partial charge on any atom is 0.422 e. The molecule has 46 heavy (non-hydrogen) atoms. The Morgan fingerprint density at radius 2 is 1.89 bits per heavy atom. The van der Waals surface area contributed by atoms with Crippen LogP contribution in [0.1, 0.15) is 42.1 Å². The zero-order valence-corrected chi connectivity index (χ0v) is 25.6. The van der Waals surface area contributed by atoms with E-state index >= 15 is 0 Å². The highest BCUT2D eigenvalue weighted by Crippen LogP contribution is 2.44. The van der Waals surface area contributed by atoms with E-state index in [1.165, 1.54) is 31.5 Å². The number of benzene rings is 2. The Hall–Kier alpha value is -4.60. The summed E-state index contributed by atoms with van der Waals surface area (Å²) in [7, 11) is 1.49. The molecule has 2 aromatic heterocycles. The summed E-state index contributed by atoms with van der Waals surface area (Å²) in [6.07, 6.45) is -1.42. The van der Waals surface area contributed by atoms with Crippen LogP contribution in [0.15, 0.2) is 67.0 Å². The van der Waals surface area contributed by atoms with Crippen molar-refractivity contribution in [3.63, 3.8) is 0 Å². The number of methoxy groups -OCH3 is 1. The van der Waals surface area contributed by atoms with Gasteiger partial charge in [0.2, 0.25) is 5.60 Å². The number of β-amino-alcohol motifs (C(OH)–C–C–N with tert-alkyl or cyclic N) is 1. The number of esters is 1. The van der Waals surface area contributed by atoms with Gasteiger partial charge in [0, 0.05) is 43.0 Å². The highest BCUT2D eigenvalue weighted by Gasteiger charge is 2.57. The summed E-state index contributed by atoms with van der Waals surface area (Å²) in [5, 5.41) is 21.2. The predicted molar refractivity (Wildman–Crippen MR) is 163 cm³/mol. The molecule has 0 amide bonds. The number of piperidine rings is 1. The average molecular weight is 637 g/mol. The molecule has 1 unspecified atom stereocenters. The number of pyridine rings is 1. The second kappa shape index (κ2) is 13.8. The van der Waals surface area contributed by atoms with Gasteiger partial charge < -0.3 is 23.9 Å². The molecule has 4 aromatic rings. The monoisotopic (exact) mass is 636 g/mol. The average Bonchev–Trinajstić information content (AvgIpc) is 3.40. The van der Waals surface area contributed by atoms with Gasteiger partial charge in [-0.1, -0.05) is 18.2 Å². The molecule has 2 aromatic carbocycles. The number of aromatic nitrogens is 2. The fourth-order valence-corrected chi connectivity index (χ4v) is 5.80. The van der Waals surface area contributed by atoms with Crippen molar-refractivity contribution in [2.45, 2.75) is 50.6 Å².